The lowest BCUT2D eigenvalue weighted by Gasteiger charge is -2.33. The molecule has 1 aromatic carbocycles. The van der Waals surface area contributed by atoms with Gasteiger partial charge in [-0.1, -0.05) is 51.1 Å². The van der Waals surface area contributed by atoms with E-state index in [-0.39, 0.29) is 11.9 Å². The second kappa shape index (κ2) is 5.41. The zero-order chi connectivity index (χ0) is 16.9. The maximum Gasteiger partial charge on any atom is 0.271 e. The molecule has 2 fully saturated rings. The summed E-state index contributed by atoms with van der Waals surface area (Å²) in [5.74, 6) is 0.559. The Morgan fingerprint density at radius 2 is 2.00 bits per heavy atom. The Morgan fingerprint density at radius 1 is 1.25 bits per heavy atom. The molecule has 2 aliphatic carbocycles. The largest absolute Gasteiger partial charge is 0.348 e. The maximum atomic E-state index is 12.7. The van der Waals surface area contributed by atoms with Crippen LogP contribution in [0, 0.1) is 16.7 Å². The van der Waals surface area contributed by atoms with Crippen molar-refractivity contribution in [3.63, 3.8) is 0 Å². The third kappa shape index (κ3) is 2.31. The third-order valence-electron chi connectivity index (χ3n) is 6.72. The van der Waals surface area contributed by atoms with Crippen molar-refractivity contribution in [1.29, 1.82) is 0 Å². The van der Waals surface area contributed by atoms with E-state index in [0.29, 0.717) is 22.4 Å². The highest BCUT2D eigenvalue weighted by molar-refractivity contribution is 7.13. The second-order valence-corrected chi connectivity index (χ2v) is 8.97. The van der Waals surface area contributed by atoms with Crippen LogP contribution in [0.1, 0.15) is 50.5 Å². The van der Waals surface area contributed by atoms with Crippen molar-refractivity contribution < 1.29 is 4.79 Å². The molecule has 1 N–H and O–H groups in total. The van der Waals surface area contributed by atoms with Gasteiger partial charge < -0.3 is 5.32 Å². The van der Waals surface area contributed by atoms with Gasteiger partial charge in [-0.2, -0.15) is 0 Å². The van der Waals surface area contributed by atoms with Crippen LogP contribution in [0.25, 0.3) is 10.6 Å². The number of benzene rings is 1. The highest BCUT2D eigenvalue weighted by Crippen LogP contribution is 2.65. The molecule has 2 bridgehead atoms. The number of hydrogen-bond donors (Lipinski definition) is 1. The fourth-order valence-corrected chi connectivity index (χ4v) is 5.59. The number of nitrogens with zero attached hydrogens (tertiary/aromatic N) is 1. The summed E-state index contributed by atoms with van der Waals surface area (Å²) in [6, 6.07) is 10.3. The van der Waals surface area contributed by atoms with E-state index in [1.165, 1.54) is 24.2 Å². The molecule has 1 unspecified atom stereocenters. The van der Waals surface area contributed by atoms with Crippen molar-refractivity contribution in [2.75, 3.05) is 0 Å². The number of nitrogens with one attached hydrogen (secondary N) is 1. The number of carbonyl (C=O) groups is 1. The first-order chi connectivity index (χ1) is 11.4. The fraction of sp³-hybridized carbons (Fsp3) is 0.500. The van der Waals surface area contributed by atoms with Crippen molar-refractivity contribution in [3.05, 3.63) is 41.4 Å². The first-order valence-electron chi connectivity index (χ1n) is 8.72. The zero-order valence-electron chi connectivity index (χ0n) is 14.5. The quantitative estimate of drug-likeness (QED) is 0.875. The van der Waals surface area contributed by atoms with Gasteiger partial charge in [0.25, 0.3) is 5.91 Å². The van der Waals surface area contributed by atoms with E-state index >= 15 is 0 Å². The molecule has 4 rings (SSSR count). The molecular formula is C20H24N2OS. The summed E-state index contributed by atoms with van der Waals surface area (Å²) in [5, 5.41) is 6.05. The van der Waals surface area contributed by atoms with Crippen LogP contribution >= 0.6 is 11.3 Å². The molecule has 4 heteroatoms. The molecule has 1 heterocycles. The van der Waals surface area contributed by atoms with Crippen molar-refractivity contribution in [1.82, 2.24) is 10.3 Å². The van der Waals surface area contributed by atoms with Gasteiger partial charge >= 0.3 is 0 Å². The van der Waals surface area contributed by atoms with Gasteiger partial charge in [-0.3, -0.25) is 4.79 Å². The molecule has 0 aliphatic heterocycles. The molecule has 2 saturated carbocycles. The zero-order valence-corrected chi connectivity index (χ0v) is 15.3. The van der Waals surface area contributed by atoms with E-state index in [1.54, 1.807) is 0 Å². The van der Waals surface area contributed by atoms with Gasteiger partial charge in [0.1, 0.15) is 10.7 Å². The molecule has 0 saturated heterocycles. The van der Waals surface area contributed by atoms with E-state index < -0.39 is 0 Å². The molecule has 2 aromatic rings. The van der Waals surface area contributed by atoms with Gasteiger partial charge in [0.15, 0.2) is 0 Å². The Hall–Kier alpha value is -1.68. The Bertz CT molecular complexity index is 764. The van der Waals surface area contributed by atoms with E-state index in [1.807, 2.05) is 35.7 Å². The highest BCUT2D eigenvalue weighted by atomic mass is 32.1. The van der Waals surface area contributed by atoms with Crippen molar-refractivity contribution in [3.8, 4) is 10.6 Å². The van der Waals surface area contributed by atoms with Gasteiger partial charge in [0.05, 0.1) is 0 Å². The van der Waals surface area contributed by atoms with Crippen LogP contribution in [0.4, 0.5) is 0 Å². The molecular weight excluding hydrogens is 316 g/mol. The molecule has 3 atom stereocenters. The van der Waals surface area contributed by atoms with Gasteiger partial charge in [-0.05, 0) is 36.0 Å². The monoisotopic (exact) mass is 340 g/mol. The summed E-state index contributed by atoms with van der Waals surface area (Å²) in [6.07, 6.45) is 3.60. The van der Waals surface area contributed by atoms with Crippen LogP contribution in [0.15, 0.2) is 35.7 Å². The number of hydrogen-bond acceptors (Lipinski definition) is 3. The van der Waals surface area contributed by atoms with E-state index in [2.05, 4.69) is 31.1 Å². The lowest BCUT2D eigenvalue weighted by Crippen LogP contribution is -2.40. The fourth-order valence-electron chi connectivity index (χ4n) is 4.79. The molecule has 126 valence electrons. The number of aromatic nitrogens is 1. The Balaban J connectivity index is 1.49. The predicted molar refractivity (Wildman–Crippen MR) is 98.0 cm³/mol. The Labute approximate surface area is 147 Å². The standard InChI is InChI=1S/C20H24N2OS/c1-19(2)14-9-10-20(19,3)11-15(14)21-17(23)16-12-24-18(22-16)13-7-5-4-6-8-13/h4-8,12,14-15H,9-11H2,1-3H3,(H,21,23)/t14-,15?,20+/m0/s1. The molecule has 0 radical (unpaired) electrons. The van der Waals surface area contributed by atoms with E-state index in [0.717, 1.165) is 17.0 Å². The van der Waals surface area contributed by atoms with Crippen LogP contribution in [0.5, 0.6) is 0 Å². The van der Waals surface area contributed by atoms with Gasteiger partial charge in [0.2, 0.25) is 0 Å². The first kappa shape index (κ1) is 15.8. The average molecular weight is 340 g/mol. The lowest BCUT2D eigenvalue weighted by atomic mass is 9.71. The first-order valence-corrected chi connectivity index (χ1v) is 9.60. The van der Waals surface area contributed by atoms with Crippen molar-refractivity contribution in [2.45, 2.75) is 46.1 Å². The number of thiazole rings is 1. The topological polar surface area (TPSA) is 42.0 Å². The number of amides is 1. The SMILES string of the molecule is CC1(C)[C@H]2CC[C@]1(C)CC2NC(=O)c1csc(-c2ccccc2)n1. The third-order valence-corrected chi connectivity index (χ3v) is 7.61. The van der Waals surface area contributed by atoms with Crippen LogP contribution in [-0.2, 0) is 0 Å². The van der Waals surface area contributed by atoms with E-state index in [4.69, 9.17) is 0 Å². The van der Waals surface area contributed by atoms with Crippen molar-refractivity contribution in [2.24, 2.45) is 16.7 Å². The summed E-state index contributed by atoms with van der Waals surface area (Å²) in [5.41, 5.74) is 2.27. The minimum atomic E-state index is -0.0228. The summed E-state index contributed by atoms with van der Waals surface area (Å²) < 4.78 is 0. The molecule has 1 amide bonds. The molecule has 1 aromatic heterocycles. The smallest absolute Gasteiger partial charge is 0.271 e. The van der Waals surface area contributed by atoms with Crippen LogP contribution in [0.3, 0.4) is 0 Å². The average Bonchev–Trinajstić information content (AvgIpc) is 3.18. The predicted octanol–water partition coefficient (Wildman–Crippen LogP) is 4.75. The summed E-state index contributed by atoms with van der Waals surface area (Å²) in [4.78, 5) is 17.2. The van der Waals surface area contributed by atoms with Crippen LogP contribution < -0.4 is 5.32 Å². The molecule has 3 nitrogen and oxygen atoms in total. The molecule has 2 aliphatic rings. The maximum absolute atomic E-state index is 12.7. The lowest BCUT2D eigenvalue weighted by molar-refractivity contribution is 0.0912. The van der Waals surface area contributed by atoms with Crippen molar-refractivity contribution >= 4 is 17.2 Å². The highest BCUT2D eigenvalue weighted by Gasteiger charge is 2.60. The summed E-state index contributed by atoms with van der Waals surface area (Å²) in [7, 11) is 0. The minimum absolute atomic E-state index is 0.0228. The van der Waals surface area contributed by atoms with Gasteiger partial charge in [-0.25, -0.2) is 4.98 Å². The number of fused-ring (bicyclic) bond motifs is 2. The molecule has 0 spiro atoms. The Kier molecular flexibility index (Phi) is 3.57. The normalized spacial score (nSPS) is 30.5. The van der Waals surface area contributed by atoms with Gasteiger partial charge in [0, 0.05) is 17.0 Å². The van der Waals surface area contributed by atoms with Crippen LogP contribution in [0.2, 0.25) is 0 Å². The minimum Gasteiger partial charge on any atom is -0.348 e. The summed E-state index contributed by atoms with van der Waals surface area (Å²) >= 11 is 1.53. The number of rotatable bonds is 3. The van der Waals surface area contributed by atoms with E-state index in [9.17, 15) is 4.79 Å². The Morgan fingerprint density at radius 3 is 2.62 bits per heavy atom. The summed E-state index contributed by atoms with van der Waals surface area (Å²) in [6.45, 7) is 7.12. The number of carbonyl (C=O) groups excluding carboxylic acids is 1. The second-order valence-electron chi connectivity index (χ2n) is 8.12. The molecule has 24 heavy (non-hydrogen) atoms. The van der Waals surface area contributed by atoms with Crippen LogP contribution in [-0.4, -0.2) is 16.9 Å². The van der Waals surface area contributed by atoms with Gasteiger partial charge in [-0.15, -0.1) is 11.3 Å².